The molecule has 0 amide bonds. The average molecular weight is 232 g/mol. The van der Waals surface area contributed by atoms with Gasteiger partial charge in [-0.1, -0.05) is 18.5 Å². The number of anilines is 1. The van der Waals surface area contributed by atoms with E-state index in [1.165, 1.54) is 0 Å². The molecule has 0 aliphatic carbocycles. The van der Waals surface area contributed by atoms with E-state index < -0.39 is 0 Å². The van der Waals surface area contributed by atoms with Crippen LogP contribution in [0.4, 0.5) is 5.69 Å². The molecule has 0 fully saturated rings. The molecule has 0 aliphatic heterocycles. The van der Waals surface area contributed by atoms with E-state index in [0.717, 1.165) is 10.6 Å². The summed E-state index contributed by atoms with van der Waals surface area (Å²) in [5.41, 5.74) is 6.25. The molecule has 0 saturated heterocycles. The molecule has 1 rings (SSSR count). The van der Waals surface area contributed by atoms with Gasteiger partial charge in [-0.3, -0.25) is 0 Å². The highest BCUT2D eigenvalue weighted by atomic mass is 35.5. The zero-order chi connectivity index (χ0) is 10.6. The van der Waals surface area contributed by atoms with Crippen molar-refractivity contribution < 1.29 is 5.11 Å². The summed E-state index contributed by atoms with van der Waals surface area (Å²) in [6.07, 6.45) is 0. The van der Waals surface area contributed by atoms with Crippen LogP contribution < -0.4 is 5.73 Å². The summed E-state index contributed by atoms with van der Waals surface area (Å²) in [6, 6.07) is 5.48. The van der Waals surface area contributed by atoms with Crippen molar-refractivity contribution in [3.63, 3.8) is 0 Å². The van der Waals surface area contributed by atoms with Gasteiger partial charge < -0.3 is 10.8 Å². The third-order valence-electron chi connectivity index (χ3n) is 1.79. The van der Waals surface area contributed by atoms with Crippen molar-refractivity contribution in [2.75, 3.05) is 18.1 Å². The largest absolute Gasteiger partial charge is 0.399 e. The maximum atomic E-state index is 8.86. The van der Waals surface area contributed by atoms with Crippen LogP contribution in [0.3, 0.4) is 0 Å². The van der Waals surface area contributed by atoms with Crippen LogP contribution >= 0.6 is 23.4 Å². The molecule has 0 heterocycles. The molecule has 0 radical (unpaired) electrons. The quantitative estimate of drug-likeness (QED) is 0.619. The fourth-order valence-corrected chi connectivity index (χ4v) is 2.20. The summed E-state index contributed by atoms with van der Waals surface area (Å²) < 4.78 is 0. The van der Waals surface area contributed by atoms with Crippen molar-refractivity contribution in [3.05, 3.63) is 23.2 Å². The minimum atomic E-state index is 0.208. The standard InChI is InChI=1S/C10H14ClNOS/c1-7(5-13)6-14-10-3-2-8(12)4-9(10)11/h2-4,7,13H,5-6,12H2,1H3. The lowest BCUT2D eigenvalue weighted by molar-refractivity contribution is 0.250. The molecule has 0 spiro atoms. The number of benzene rings is 1. The molecule has 0 aliphatic rings. The van der Waals surface area contributed by atoms with E-state index in [1.807, 2.05) is 19.1 Å². The summed E-state index contributed by atoms with van der Waals surface area (Å²) in [5.74, 6) is 1.15. The number of rotatable bonds is 4. The Kier molecular flexibility index (Phi) is 4.58. The van der Waals surface area contributed by atoms with Crippen LogP contribution in [0.25, 0.3) is 0 Å². The van der Waals surface area contributed by atoms with Crippen molar-refractivity contribution in [1.82, 2.24) is 0 Å². The molecule has 4 heteroatoms. The topological polar surface area (TPSA) is 46.2 Å². The van der Waals surface area contributed by atoms with Gasteiger partial charge in [-0.15, -0.1) is 11.8 Å². The summed E-state index contributed by atoms with van der Waals surface area (Å²) in [6.45, 7) is 2.21. The van der Waals surface area contributed by atoms with E-state index in [-0.39, 0.29) is 12.5 Å². The second-order valence-corrected chi connectivity index (χ2v) is 4.76. The Balaban J connectivity index is 2.59. The first kappa shape index (κ1) is 11.7. The molecular formula is C10H14ClNOS. The molecule has 0 aromatic heterocycles. The van der Waals surface area contributed by atoms with E-state index in [2.05, 4.69) is 0 Å². The third kappa shape index (κ3) is 3.40. The third-order valence-corrected chi connectivity index (χ3v) is 3.62. The normalized spacial score (nSPS) is 12.8. The average Bonchev–Trinajstić information content (AvgIpc) is 2.16. The number of aliphatic hydroxyl groups is 1. The molecule has 1 aromatic rings. The lowest BCUT2D eigenvalue weighted by atomic mass is 10.2. The van der Waals surface area contributed by atoms with Gasteiger partial charge in [-0.05, 0) is 24.1 Å². The van der Waals surface area contributed by atoms with Gasteiger partial charge >= 0.3 is 0 Å². The van der Waals surface area contributed by atoms with E-state index in [0.29, 0.717) is 10.7 Å². The van der Waals surface area contributed by atoms with Gasteiger partial charge in [0.05, 0.1) is 5.02 Å². The molecule has 2 nitrogen and oxygen atoms in total. The number of hydrogen-bond acceptors (Lipinski definition) is 3. The Morgan fingerprint density at radius 1 is 1.57 bits per heavy atom. The summed E-state index contributed by atoms with van der Waals surface area (Å²) in [5, 5.41) is 9.54. The van der Waals surface area contributed by atoms with Crippen molar-refractivity contribution >= 4 is 29.1 Å². The van der Waals surface area contributed by atoms with Crippen LogP contribution in [0, 0.1) is 5.92 Å². The van der Waals surface area contributed by atoms with Gasteiger partial charge in [-0.25, -0.2) is 0 Å². The van der Waals surface area contributed by atoms with Gasteiger partial charge in [0.25, 0.3) is 0 Å². The lowest BCUT2D eigenvalue weighted by Gasteiger charge is -2.08. The monoisotopic (exact) mass is 231 g/mol. The maximum Gasteiger partial charge on any atom is 0.0562 e. The first-order valence-corrected chi connectivity index (χ1v) is 5.78. The predicted octanol–water partition coefficient (Wildman–Crippen LogP) is 2.64. The first-order chi connectivity index (χ1) is 6.63. The molecule has 78 valence electrons. The summed E-state index contributed by atoms with van der Waals surface area (Å²) in [7, 11) is 0. The van der Waals surface area contributed by atoms with Gasteiger partial charge in [0.15, 0.2) is 0 Å². The van der Waals surface area contributed by atoms with Gasteiger partial charge in [-0.2, -0.15) is 0 Å². The van der Waals surface area contributed by atoms with Crippen molar-refractivity contribution in [1.29, 1.82) is 0 Å². The maximum absolute atomic E-state index is 8.86. The minimum absolute atomic E-state index is 0.208. The SMILES string of the molecule is CC(CO)CSc1ccc(N)cc1Cl. The van der Waals surface area contributed by atoms with Crippen LogP contribution in [0.1, 0.15) is 6.92 Å². The molecule has 0 bridgehead atoms. The Morgan fingerprint density at radius 2 is 2.29 bits per heavy atom. The second kappa shape index (κ2) is 5.49. The lowest BCUT2D eigenvalue weighted by Crippen LogP contribution is -2.03. The highest BCUT2D eigenvalue weighted by molar-refractivity contribution is 7.99. The van der Waals surface area contributed by atoms with Crippen molar-refractivity contribution in [3.8, 4) is 0 Å². The van der Waals surface area contributed by atoms with Crippen LogP contribution in [-0.4, -0.2) is 17.5 Å². The van der Waals surface area contributed by atoms with Crippen LogP contribution in [0.15, 0.2) is 23.1 Å². The number of halogens is 1. The Bertz CT molecular complexity index is 306. The van der Waals surface area contributed by atoms with Crippen molar-refractivity contribution in [2.45, 2.75) is 11.8 Å². The van der Waals surface area contributed by atoms with Crippen LogP contribution in [-0.2, 0) is 0 Å². The van der Waals surface area contributed by atoms with E-state index in [4.69, 9.17) is 22.4 Å². The fourth-order valence-electron chi connectivity index (χ4n) is 0.919. The molecule has 1 unspecified atom stereocenters. The first-order valence-electron chi connectivity index (χ1n) is 4.42. The highest BCUT2D eigenvalue weighted by Crippen LogP contribution is 2.29. The summed E-state index contributed by atoms with van der Waals surface area (Å²) >= 11 is 7.63. The smallest absolute Gasteiger partial charge is 0.0562 e. The Labute approximate surface area is 93.5 Å². The molecule has 14 heavy (non-hydrogen) atoms. The van der Waals surface area contributed by atoms with E-state index >= 15 is 0 Å². The predicted molar refractivity (Wildman–Crippen MR) is 62.8 cm³/mol. The van der Waals surface area contributed by atoms with Crippen molar-refractivity contribution in [2.24, 2.45) is 5.92 Å². The van der Waals surface area contributed by atoms with Gasteiger partial charge in [0, 0.05) is 22.9 Å². The molecular weight excluding hydrogens is 218 g/mol. The molecule has 1 aromatic carbocycles. The minimum Gasteiger partial charge on any atom is -0.399 e. The molecule has 1 atom stereocenters. The zero-order valence-corrected chi connectivity index (χ0v) is 9.61. The van der Waals surface area contributed by atoms with Gasteiger partial charge in [0.1, 0.15) is 0 Å². The Hall–Kier alpha value is -0.380. The van der Waals surface area contributed by atoms with Crippen LogP contribution in [0.2, 0.25) is 5.02 Å². The number of nitrogens with two attached hydrogens (primary N) is 1. The number of hydrogen-bond donors (Lipinski definition) is 2. The number of thioether (sulfide) groups is 1. The fraction of sp³-hybridized carbons (Fsp3) is 0.400. The van der Waals surface area contributed by atoms with E-state index in [1.54, 1.807) is 17.8 Å². The Morgan fingerprint density at radius 3 is 2.86 bits per heavy atom. The summed E-state index contributed by atoms with van der Waals surface area (Å²) in [4.78, 5) is 1.01. The van der Waals surface area contributed by atoms with Crippen LogP contribution in [0.5, 0.6) is 0 Å². The highest BCUT2D eigenvalue weighted by Gasteiger charge is 2.04. The second-order valence-electron chi connectivity index (χ2n) is 3.29. The van der Waals surface area contributed by atoms with Gasteiger partial charge in [0.2, 0.25) is 0 Å². The number of aliphatic hydroxyl groups excluding tert-OH is 1. The molecule has 0 saturated carbocycles. The zero-order valence-electron chi connectivity index (χ0n) is 8.03. The number of nitrogen functional groups attached to an aromatic ring is 1. The molecule has 3 N–H and O–H groups in total. The van der Waals surface area contributed by atoms with E-state index in [9.17, 15) is 0 Å².